The molecule has 0 aromatic carbocycles. The number of hydrogen-bond donors (Lipinski definition) is 4. The number of carbonyl (C=O) groups is 3. The molecule has 2 unspecified atom stereocenters. The number of nitrogens with zero attached hydrogens (tertiary/aromatic N) is 1. The van der Waals surface area contributed by atoms with Crippen molar-refractivity contribution in [2.24, 2.45) is 0 Å². The van der Waals surface area contributed by atoms with E-state index in [9.17, 15) is 14.4 Å². The Balaban J connectivity index is 3.93. The van der Waals surface area contributed by atoms with E-state index in [1.165, 1.54) is 11.8 Å². The average Bonchev–Trinajstić information content (AvgIpc) is 2.63. The van der Waals surface area contributed by atoms with Gasteiger partial charge in [0.1, 0.15) is 12.6 Å². The first-order chi connectivity index (χ1) is 12.6. The molecule has 26 heavy (non-hydrogen) atoms. The van der Waals surface area contributed by atoms with Crippen molar-refractivity contribution in [1.29, 1.82) is 0 Å². The molecule has 8 nitrogen and oxygen atoms in total. The van der Waals surface area contributed by atoms with Gasteiger partial charge in [0.05, 0.1) is 19.3 Å². The number of aliphatic hydroxyl groups is 2. The SMILES string of the molecule is CNC(CC=O)CNC(C=O)CC(=O)SCCCCN(CCO)CCO. The first-order valence-corrected chi connectivity index (χ1v) is 9.99. The van der Waals surface area contributed by atoms with E-state index in [-0.39, 0.29) is 30.8 Å². The lowest BCUT2D eigenvalue weighted by atomic mass is 10.2. The second-order valence-electron chi connectivity index (χ2n) is 5.96. The summed E-state index contributed by atoms with van der Waals surface area (Å²) in [6, 6.07) is -0.597. The van der Waals surface area contributed by atoms with Gasteiger partial charge in [-0.15, -0.1) is 0 Å². The molecular formula is C17H33N3O5S. The van der Waals surface area contributed by atoms with E-state index >= 15 is 0 Å². The molecule has 9 heteroatoms. The van der Waals surface area contributed by atoms with Crippen LogP contribution in [0.15, 0.2) is 0 Å². The molecule has 0 rings (SSSR count). The fraction of sp³-hybridized carbons (Fsp3) is 0.824. The van der Waals surface area contributed by atoms with Crippen LogP contribution in [0.2, 0.25) is 0 Å². The number of thioether (sulfide) groups is 1. The van der Waals surface area contributed by atoms with Gasteiger partial charge in [-0.05, 0) is 26.4 Å². The van der Waals surface area contributed by atoms with Crippen molar-refractivity contribution in [3.8, 4) is 0 Å². The summed E-state index contributed by atoms with van der Waals surface area (Å²) in [6.07, 6.45) is 3.76. The number of aliphatic hydroxyl groups excluding tert-OH is 2. The Morgan fingerprint density at radius 2 is 1.85 bits per heavy atom. The highest BCUT2D eigenvalue weighted by Crippen LogP contribution is 2.10. The van der Waals surface area contributed by atoms with Gasteiger partial charge in [-0.3, -0.25) is 9.69 Å². The molecule has 0 aliphatic heterocycles. The first kappa shape index (κ1) is 25.2. The smallest absolute Gasteiger partial charge is 0.190 e. The van der Waals surface area contributed by atoms with Crippen LogP contribution in [-0.2, 0) is 14.4 Å². The minimum Gasteiger partial charge on any atom is -0.395 e. The Hall–Kier alpha value is -0.840. The third-order valence-electron chi connectivity index (χ3n) is 3.93. The van der Waals surface area contributed by atoms with E-state index in [1.54, 1.807) is 7.05 Å². The Kier molecular flexibility index (Phi) is 17.0. The van der Waals surface area contributed by atoms with Crippen LogP contribution in [0.4, 0.5) is 0 Å². The lowest BCUT2D eigenvalue weighted by molar-refractivity contribution is -0.115. The quantitative estimate of drug-likeness (QED) is 0.173. The number of carbonyl (C=O) groups excluding carboxylic acids is 3. The molecule has 0 heterocycles. The fourth-order valence-electron chi connectivity index (χ4n) is 2.36. The van der Waals surface area contributed by atoms with E-state index in [0.29, 0.717) is 31.8 Å². The van der Waals surface area contributed by atoms with Crippen molar-refractivity contribution in [3.63, 3.8) is 0 Å². The maximum atomic E-state index is 12.0. The van der Waals surface area contributed by atoms with Crippen LogP contribution in [0.5, 0.6) is 0 Å². The molecule has 0 fully saturated rings. The minimum atomic E-state index is -0.540. The molecule has 0 aliphatic carbocycles. The lowest BCUT2D eigenvalue weighted by Crippen LogP contribution is -2.42. The minimum absolute atomic E-state index is 0.0337. The van der Waals surface area contributed by atoms with Gasteiger partial charge < -0.3 is 30.4 Å². The Morgan fingerprint density at radius 1 is 1.15 bits per heavy atom. The molecule has 0 amide bonds. The van der Waals surface area contributed by atoms with E-state index in [4.69, 9.17) is 10.2 Å². The van der Waals surface area contributed by atoms with Crippen molar-refractivity contribution in [1.82, 2.24) is 15.5 Å². The molecule has 0 aromatic rings. The highest BCUT2D eigenvalue weighted by molar-refractivity contribution is 8.13. The number of nitrogens with one attached hydrogen (secondary N) is 2. The molecule has 0 aromatic heterocycles. The summed E-state index contributed by atoms with van der Waals surface area (Å²) in [5, 5.41) is 23.8. The van der Waals surface area contributed by atoms with Gasteiger partial charge in [0.25, 0.3) is 0 Å². The summed E-state index contributed by atoms with van der Waals surface area (Å²) in [6.45, 7) is 2.43. The monoisotopic (exact) mass is 391 g/mol. The van der Waals surface area contributed by atoms with E-state index in [2.05, 4.69) is 10.6 Å². The molecule has 152 valence electrons. The van der Waals surface area contributed by atoms with Gasteiger partial charge in [-0.2, -0.15) is 0 Å². The maximum absolute atomic E-state index is 12.0. The number of rotatable bonds is 18. The van der Waals surface area contributed by atoms with Gasteiger partial charge in [0.2, 0.25) is 0 Å². The lowest BCUT2D eigenvalue weighted by Gasteiger charge is -2.19. The van der Waals surface area contributed by atoms with Gasteiger partial charge in [0.15, 0.2) is 5.12 Å². The molecule has 0 radical (unpaired) electrons. The summed E-state index contributed by atoms with van der Waals surface area (Å²) in [4.78, 5) is 35.6. The average molecular weight is 392 g/mol. The first-order valence-electron chi connectivity index (χ1n) is 9.00. The van der Waals surface area contributed by atoms with Crippen molar-refractivity contribution < 1.29 is 24.6 Å². The van der Waals surface area contributed by atoms with Crippen LogP contribution in [0.3, 0.4) is 0 Å². The normalized spacial score (nSPS) is 13.5. The highest BCUT2D eigenvalue weighted by atomic mass is 32.2. The van der Waals surface area contributed by atoms with Crippen LogP contribution < -0.4 is 10.6 Å². The summed E-state index contributed by atoms with van der Waals surface area (Å²) in [5.74, 6) is 0.681. The third kappa shape index (κ3) is 13.4. The zero-order chi connectivity index (χ0) is 19.6. The van der Waals surface area contributed by atoms with Gasteiger partial charge in [0, 0.05) is 44.3 Å². The molecule has 0 spiro atoms. The predicted molar refractivity (Wildman–Crippen MR) is 103 cm³/mol. The number of aldehydes is 2. The third-order valence-corrected chi connectivity index (χ3v) is 4.91. The van der Waals surface area contributed by atoms with Gasteiger partial charge in [-0.1, -0.05) is 11.8 Å². The van der Waals surface area contributed by atoms with Gasteiger partial charge >= 0.3 is 0 Å². The standard InChI is InChI=1S/C17H33N3O5S/c1-18-15(4-8-21)13-19-16(14-24)12-17(25)26-11-3-2-5-20(6-9-22)7-10-23/h8,14-16,18-19,22-23H,2-7,9-13H2,1H3. The second-order valence-corrected chi connectivity index (χ2v) is 7.11. The molecular weight excluding hydrogens is 358 g/mol. The van der Waals surface area contributed by atoms with Crippen molar-refractivity contribution >= 4 is 29.4 Å². The van der Waals surface area contributed by atoms with E-state index in [1.807, 2.05) is 4.90 Å². The topological polar surface area (TPSA) is 119 Å². The summed E-state index contributed by atoms with van der Waals surface area (Å²) < 4.78 is 0. The zero-order valence-electron chi connectivity index (χ0n) is 15.6. The molecule has 0 saturated heterocycles. The van der Waals surface area contributed by atoms with E-state index < -0.39 is 6.04 Å². The van der Waals surface area contributed by atoms with Crippen LogP contribution in [0.1, 0.15) is 25.7 Å². The number of likely N-dealkylation sites (N-methyl/N-ethyl adjacent to an activating group) is 1. The Morgan fingerprint density at radius 3 is 2.38 bits per heavy atom. The molecule has 0 bridgehead atoms. The molecule has 4 N–H and O–H groups in total. The summed E-state index contributed by atoms with van der Waals surface area (Å²) in [7, 11) is 1.75. The fourth-order valence-corrected chi connectivity index (χ4v) is 3.24. The van der Waals surface area contributed by atoms with E-state index in [0.717, 1.165) is 32.0 Å². The maximum Gasteiger partial charge on any atom is 0.190 e. The van der Waals surface area contributed by atoms with Crippen molar-refractivity contribution in [2.45, 2.75) is 37.8 Å². The van der Waals surface area contributed by atoms with Crippen molar-refractivity contribution in [3.05, 3.63) is 0 Å². The Bertz CT molecular complexity index is 381. The van der Waals surface area contributed by atoms with Crippen LogP contribution in [-0.4, -0.2) is 97.1 Å². The van der Waals surface area contributed by atoms with Crippen LogP contribution in [0, 0.1) is 0 Å². The number of unbranched alkanes of at least 4 members (excludes halogenated alkanes) is 1. The number of hydrogen-bond acceptors (Lipinski definition) is 9. The van der Waals surface area contributed by atoms with Gasteiger partial charge in [-0.25, -0.2) is 0 Å². The van der Waals surface area contributed by atoms with Crippen molar-refractivity contribution in [2.75, 3.05) is 52.2 Å². The predicted octanol–water partition coefficient (Wildman–Crippen LogP) is -0.963. The second kappa shape index (κ2) is 17.6. The Labute approximate surface area is 160 Å². The van der Waals surface area contributed by atoms with Crippen LogP contribution in [0.25, 0.3) is 0 Å². The molecule has 2 atom stereocenters. The summed E-state index contributed by atoms with van der Waals surface area (Å²) >= 11 is 1.22. The molecule has 0 aliphatic rings. The highest BCUT2D eigenvalue weighted by Gasteiger charge is 2.15. The summed E-state index contributed by atoms with van der Waals surface area (Å²) in [5.41, 5.74) is 0. The molecule has 0 saturated carbocycles. The largest absolute Gasteiger partial charge is 0.395 e. The zero-order valence-corrected chi connectivity index (χ0v) is 16.4. The van der Waals surface area contributed by atoms with Crippen LogP contribution >= 0.6 is 11.8 Å².